The van der Waals surface area contributed by atoms with E-state index in [-0.39, 0.29) is 12.1 Å². The minimum Gasteiger partial charge on any atom is -0.491 e. The largest absolute Gasteiger partial charge is 0.491 e. The molecule has 0 radical (unpaired) electrons. The molecule has 0 bridgehead atoms. The van der Waals surface area contributed by atoms with E-state index in [1.54, 1.807) is 36.4 Å². The smallest absolute Gasteiger partial charge is 0.323 e. The minimum absolute atomic E-state index is 0.120. The van der Waals surface area contributed by atoms with Crippen molar-refractivity contribution in [1.29, 1.82) is 0 Å². The fraction of sp³-hybridized carbons (Fsp3) is 0.188. The Hall–Kier alpha value is -2.20. The van der Waals surface area contributed by atoms with Gasteiger partial charge in [0.2, 0.25) is 0 Å². The molecule has 0 atom stereocenters. The van der Waals surface area contributed by atoms with E-state index in [2.05, 4.69) is 10.6 Å². The first-order chi connectivity index (χ1) is 10.0. The molecular formula is C16H17ClN2O2. The van der Waals surface area contributed by atoms with Crippen LogP contribution in [0.1, 0.15) is 13.8 Å². The van der Waals surface area contributed by atoms with Crippen molar-refractivity contribution in [2.24, 2.45) is 0 Å². The second kappa shape index (κ2) is 6.99. The van der Waals surface area contributed by atoms with Gasteiger partial charge in [0, 0.05) is 16.4 Å². The van der Waals surface area contributed by atoms with Gasteiger partial charge in [-0.3, -0.25) is 0 Å². The van der Waals surface area contributed by atoms with Crippen molar-refractivity contribution >= 4 is 29.0 Å². The summed E-state index contributed by atoms with van der Waals surface area (Å²) in [5, 5.41) is 6.03. The molecule has 21 heavy (non-hydrogen) atoms. The molecule has 0 spiro atoms. The molecule has 5 heteroatoms. The lowest BCUT2D eigenvalue weighted by atomic mass is 10.3. The highest BCUT2D eigenvalue weighted by Gasteiger charge is 2.04. The molecule has 0 fully saturated rings. The Bertz CT molecular complexity index is 612. The van der Waals surface area contributed by atoms with E-state index in [0.717, 1.165) is 5.75 Å². The number of hydrogen-bond acceptors (Lipinski definition) is 2. The summed E-state index contributed by atoms with van der Waals surface area (Å²) >= 11 is 5.86. The maximum absolute atomic E-state index is 11.9. The van der Waals surface area contributed by atoms with Gasteiger partial charge in [0.1, 0.15) is 5.75 Å². The van der Waals surface area contributed by atoms with E-state index >= 15 is 0 Å². The van der Waals surface area contributed by atoms with Gasteiger partial charge in [0.25, 0.3) is 0 Å². The van der Waals surface area contributed by atoms with E-state index < -0.39 is 0 Å². The normalized spacial score (nSPS) is 10.3. The Labute approximate surface area is 129 Å². The van der Waals surface area contributed by atoms with Gasteiger partial charge >= 0.3 is 6.03 Å². The number of rotatable bonds is 4. The van der Waals surface area contributed by atoms with E-state index in [1.165, 1.54) is 0 Å². The number of benzene rings is 2. The zero-order valence-electron chi connectivity index (χ0n) is 11.9. The van der Waals surface area contributed by atoms with E-state index in [0.29, 0.717) is 16.4 Å². The summed E-state index contributed by atoms with van der Waals surface area (Å²) < 4.78 is 5.54. The van der Waals surface area contributed by atoms with Crippen molar-refractivity contribution < 1.29 is 9.53 Å². The Kier molecular flexibility index (Phi) is 5.06. The van der Waals surface area contributed by atoms with Crippen molar-refractivity contribution in [2.75, 3.05) is 10.6 Å². The zero-order chi connectivity index (χ0) is 15.2. The van der Waals surface area contributed by atoms with Crippen LogP contribution in [0.5, 0.6) is 5.75 Å². The van der Waals surface area contributed by atoms with Crippen LogP contribution in [0.4, 0.5) is 16.2 Å². The van der Waals surface area contributed by atoms with E-state index in [1.807, 2.05) is 26.0 Å². The molecule has 0 aliphatic heterocycles. The number of anilines is 2. The lowest BCUT2D eigenvalue weighted by Gasteiger charge is -2.11. The number of amides is 2. The summed E-state index contributed by atoms with van der Waals surface area (Å²) in [4.78, 5) is 11.9. The van der Waals surface area contributed by atoms with Crippen LogP contribution in [0.25, 0.3) is 0 Å². The van der Waals surface area contributed by atoms with Crippen LogP contribution >= 0.6 is 11.6 Å². The van der Waals surface area contributed by atoms with Crippen molar-refractivity contribution in [3.8, 4) is 5.75 Å². The summed E-state index contributed by atoms with van der Waals surface area (Å²) in [6.07, 6.45) is 0.120. The van der Waals surface area contributed by atoms with Crippen LogP contribution in [-0.2, 0) is 0 Å². The molecular weight excluding hydrogens is 288 g/mol. The Balaban J connectivity index is 1.93. The number of hydrogen-bond donors (Lipinski definition) is 2. The molecule has 2 N–H and O–H groups in total. The fourth-order valence-corrected chi connectivity index (χ4v) is 1.94. The summed E-state index contributed by atoms with van der Waals surface area (Å²) in [6, 6.07) is 13.9. The number of urea groups is 1. The summed E-state index contributed by atoms with van der Waals surface area (Å²) in [5.74, 6) is 0.769. The van der Waals surface area contributed by atoms with Gasteiger partial charge in [-0.2, -0.15) is 0 Å². The van der Waals surface area contributed by atoms with Gasteiger partial charge in [0.05, 0.1) is 6.10 Å². The number of nitrogens with one attached hydrogen (secondary N) is 2. The topological polar surface area (TPSA) is 50.4 Å². The van der Waals surface area contributed by atoms with Gasteiger partial charge in [-0.15, -0.1) is 0 Å². The van der Waals surface area contributed by atoms with Crippen molar-refractivity contribution in [3.05, 3.63) is 53.6 Å². The standard InChI is InChI=1S/C16H17ClN2O2/c1-11(2)21-15-8-6-13(7-9-15)18-16(20)19-14-5-3-4-12(17)10-14/h3-11H,1-2H3,(H2,18,19,20). The van der Waals surface area contributed by atoms with Crippen LogP contribution in [0, 0.1) is 0 Å². The molecule has 0 saturated carbocycles. The second-order valence-corrected chi connectivity index (χ2v) is 5.22. The van der Waals surface area contributed by atoms with Crippen molar-refractivity contribution in [3.63, 3.8) is 0 Å². The molecule has 110 valence electrons. The SMILES string of the molecule is CC(C)Oc1ccc(NC(=O)Nc2cccc(Cl)c2)cc1. The molecule has 0 heterocycles. The number of carbonyl (C=O) groups is 1. The average molecular weight is 305 g/mol. The highest BCUT2D eigenvalue weighted by Crippen LogP contribution is 2.18. The third kappa shape index (κ3) is 5.00. The van der Waals surface area contributed by atoms with Gasteiger partial charge < -0.3 is 15.4 Å². The first kappa shape index (κ1) is 15.2. The van der Waals surface area contributed by atoms with Gasteiger partial charge in [-0.05, 0) is 56.3 Å². The Morgan fingerprint density at radius 1 is 1.05 bits per heavy atom. The Morgan fingerprint density at radius 3 is 2.33 bits per heavy atom. The predicted octanol–water partition coefficient (Wildman–Crippen LogP) is 4.77. The molecule has 2 amide bonds. The Morgan fingerprint density at radius 2 is 1.71 bits per heavy atom. The highest BCUT2D eigenvalue weighted by atomic mass is 35.5. The van der Waals surface area contributed by atoms with Crippen molar-refractivity contribution in [2.45, 2.75) is 20.0 Å². The molecule has 2 aromatic rings. The van der Waals surface area contributed by atoms with Crippen LogP contribution in [0.3, 0.4) is 0 Å². The molecule has 0 unspecified atom stereocenters. The number of ether oxygens (including phenoxy) is 1. The second-order valence-electron chi connectivity index (χ2n) is 4.78. The highest BCUT2D eigenvalue weighted by molar-refractivity contribution is 6.30. The van der Waals surface area contributed by atoms with Gasteiger partial charge in [-0.1, -0.05) is 17.7 Å². The third-order valence-electron chi connectivity index (χ3n) is 2.57. The summed E-state index contributed by atoms with van der Waals surface area (Å²) in [5.41, 5.74) is 1.32. The first-order valence-electron chi connectivity index (χ1n) is 6.63. The maximum atomic E-state index is 11.9. The third-order valence-corrected chi connectivity index (χ3v) is 2.80. The number of carbonyl (C=O) groups excluding carboxylic acids is 1. The molecule has 2 aromatic carbocycles. The molecule has 0 aliphatic rings. The number of halogens is 1. The molecule has 0 saturated heterocycles. The van der Waals surface area contributed by atoms with E-state index in [4.69, 9.17) is 16.3 Å². The van der Waals surface area contributed by atoms with Crippen LogP contribution < -0.4 is 15.4 Å². The van der Waals surface area contributed by atoms with Crippen LogP contribution in [0.15, 0.2) is 48.5 Å². The molecule has 0 aromatic heterocycles. The van der Waals surface area contributed by atoms with Crippen LogP contribution in [0.2, 0.25) is 5.02 Å². The van der Waals surface area contributed by atoms with Crippen LogP contribution in [-0.4, -0.2) is 12.1 Å². The lowest BCUT2D eigenvalue weighted by molar-refractivity contribution is 0.242. The predicted molar refractivity (Wildman–Crippen MR) is 86.3 cm³/mol. The lowest BCUT2D eigenvalue weighted by Crippen LogP contribution is -2.19. The molecule has 2 rings (SSSR count). The van der Waals surface area contributed by atoms with Crippen molar-refractivity contribution in [1.82, 2.24) is 0 Å². The molecule has 4 nitrogen and oxygen atoms in total. The van der Waals surface area contributed by atoms with E-state index in [9.17, 15) is 4.79 Å². The first-order valence-corrected chi connectivity index (χ1v) is 7.01. The van der Waals surface area contributed by atoms with Gasteiger partial charge in [-0.25, -0.2) is 4.79 Å². The summed E-state index contributed by atoms with van der Waals surface area (Å²) in [7, 11) is 0. The molecule has 0 aliphatic carbocycles. The monoisotopic (exact) mass is 304 g/mol. The average Bonchev–Trinajstić information content (AvgIpc) is 2.40. The quantitative estimate of drug-likeness (QED) is 0.854. The van der Waals surface area contributed by atoms with Gasteiger partial charge in [0.15, 0.2) is 0 Å². The maximum Gasteiger partial charge on any atom is 0.323 e. The fourth-order valence-electron chi connectivity index (χ4n) is 1.75. The summed E-state index contributed by atoms with van der Waals surface area (Å²) in [6.45, 7) is 3.93. The zero-order valence-corrected chi connectivity index (χ0v) is 12.6. The minimum atomic E-state index is -0.324.